The standard InChI is InChI=1S/C21H21BrN2O5S/c22-18-7-6-17(30-18)19(25)23-10-8-15(9-11-23)24-16(13-29-21(24)27)20(26)28-12-14-4-2-1-3-5-14/h1-7,15-16H,8-13H2. The Morgan fingerprint density at radius 3 is 2.53 bits per heavy atom. The number of likely N-dealkylation sites (tertiary alicyclic amines) is 1. The van der Waals surface area contributed by atoms with Crippen molar-refractivity contribution in [3.05, 3.63) is 56.7 Å². The van der Waals surface area contributed by atoms with Crippen molar-refractivity contribution in [3.8, 4) is 0 Å². The smallest absolute Gasteiger partial charge is 0.410 e. The first-order valence-corrected chi connectivity index (χ1v) is 11.3. The van der Waals surface area contributed by atoms with Gasteiger partial charge in [0.25, 0.3) is 5.91 Å². The lowest BCUT2D eigenvalue weighted by Crippen LogP contribution is -2.52. The van der Waals surface area contributed by atoms with E-state index in [4.69, 9.17) is 9.47 Å². The number of thiophene rings is 1. The number of cyclic esters (lactones) is 1. The molecule has 30 heavy (non-hydrogen) atoms. The highest BCUT2D eigenvalue weighted by atomic mass is 79.9. The van der Waals surface area contributed by atoms with Gasteiger partial charge in [-0.15, -0.1) is 11.3 Å². The number of ether oxygens (including phenoxy) is 2. The van der Waals surface area contributed by atoms with Crippen molar-refractivity contribution in [2.45, 2.75) is 31.5 Å². The quantitative estimate of drug-likeness (QED) is 0.595. The minimum atomic E-state index is -0.748. The molecule has 1 atom stereocenters. The van der Waals surface area contributed by atoms with Gasteiger partial charge in [0.1, 0.15) is 13.2 Å². The van der Waals surface area contributed by atoms with E-state index in [0.29, 0.717) is 30.8 Å². The minimum Gasteiger partial charge on any atom is -0.459 e. The number of amides is 2. The van der Waals surface area contributed by atoms with Crippen LogP contribution in [0.25, 0.3) is 0 Å². The Morgan fingerprint density at radius 2 is 1.87 bits per heavy atom. The zero-order valence-electron chi connectivity index (χ0n) is 16.2. The zero-order chi connectivity index (χ0) is 21.1. The van der Waals surface area contributed by atoms with E-state index in [1.54, 1.807) is 11.0 Å². The summed E-state index contributed by atoms with van der Waals surface area (Å²) < 4.78 is 11.5. The van der Waals surface area contributed by atoms with Crippen LogP contribution >= 0.6 is 27.3 Å². The fraction of sp³-hybridized carbons (Fsp3) is 0.381. The van der Waals surface area contributed by atoms with E-state index >= 15 is 0 Å². The number of hydrogen-bond donors (Lipinski definition) is 0. The van der Waals surface area contributed by atoms with E-state index in [1.807, 2.05) is 36.4 Å². The molecule has 9 heteroatoms. The van der Waals surface area contributed by atoms with Gasteiger partial charge < -0.3 is 14.4 Å². The van der Waals surface area contributed by atoms with Gasteiger partial charge in [0, 0.05) is 19.1 Å². The second-order valence-electron chi connectivity index (χ2n) is 7.22. The van der Waals surface area contributed by atoms with Crippen molar-refractivity contribution >= 4 is 45.2 Å². The van der Waals surface area contributed by atoms with Gasteiger partial charge in [-0.2, -0.15) is 0 Å². The average Bonchev–Trinajstić information content (AvgIpc) is 3.38. The minimum absolute atomic E-state index is 0.00514. The molecule has 3 heterocycles. The van der Waals surface area contributed by atoms with Crippen molar-refractivity contribution < 1.29 is 23.9 Å². The number of piperidine rings is 1. The predicted molar refractivity (Wildman–Crippen MR) is 114 cm³/mol. The molecule has 0 N–H and O–H groups in total. The topological polar surface area (TPSA) is 76.2 Å². The molecule has 2 fully saturated rings. The first kappa shape index (κ1) is 20.9. The Morgan fingerprint density at radius 1 is 1.13 bits per heavy atom. The van der Waals surface area contributed by atoms with Crippen LogP contribution in [0.4, 0.5) is 4.79 Å². The molecule has 4 rings (SSSR count). The van der Waals surface area contributed by atoms with Gasteiger partial charge in [-0.3, -0.25) is 9.69 Å². The SMILES string of the molecule is O=C(OCc1ccccc1)C1COC(=O)N1C1CCN(C(=O)c2ccc(Br)s2)CC1. The van der Waals surface area contributed by atoms with Gasteiger partial charge in [-0.25, -0.2) is 9.59 Å². The molecule has 7 nitrogen and oxygen atoms in total. The monoisotopic (exact) mass is 492 g/mol. The van der Waals surface area contributed by atoms with Gasteiger partial charge >= 0.3 is 12.1 Å². The maximum atomic E-state index is 12.6. The summed E-state index contributed by atoms with van der Waals surface area (Å²) in [5, 5.41) is 0. The number of carbonyl (C=O) groups is 3. The summed E-state index contributed by atoms with van der Waals surface area (Å²) in [5.74, 6) is -0.474. The number of rotatable bonds is 5. The van der Waals surface area contributed by atoms with Crippen molar-refractivity contribution in [2.75, 3.05) is 19.7 Å². The molecule has 0 spiro atoms. The lowest BCUT2D eigenvalue weighted by atomic mass is 10.0. The fourth-order valence-electron chi connectivity index (χ4n) is 3.77. The van der Waals surface area contributed by atoms with Gasteiger partial charge in [0.05, 0.1) is 8.66 Å². The molecule has 1 aromatic carbocycles. The summed E-state index contributed by atoms with van der Waals surface area (Å²) in [6.07, 6.45) is 0.690. The predicted octanol–water partition coefficient (Wildman–Crippen LogP) is 3.68. The first-order chi connectivity index (χ1) is 14.5. The van der Waals surface area contributed by atoms with Crippen LogP contribution in [0, 0.1) is 0 Å². The molecule has 1 aromatic heterocycles. The summed E-state index contributed by atoms with van der Waals surface area (Å²) >= 11 is 4.78. The summed E-state index contributed by atoms with van der Waals surface area (Å²) in [5.41, 5.74) is 0.884. The van der Waals surface area contributed by atoms with Crippen molar-refractivity contribution in [3.63, 3.8) is 0 Å². The molecule has 2 aliphatic heterocycles. The Hall–Kier alpha value is -2.39. The Labute approximate surface area is 186 Å². The number of nitrogens with zero attached hydrogens (tertiary/aromatic N) is 2. The molecule has 0 saturated carbocycles. The summed E-state index contributed by atoms with van der Waals surface area (Å²) in [6.45, 7) is 1.19. The molecule has 2 saturated heterocycles. The van der Waals surface area contributed by atoms with E-state index in [2.05, 4.69) is 15.9 Å². The molecule has 2 aromatic rings. The normalized spacial score (nSPS) is 19.6. The largest absolute Gasteiger partial charge is 0.459 e. The van der Waals surface area contributed by atoms with Crippen LogP contribution in [-0.2, 0) is 20.9 Å². The van der Waals surface area contributed by atoms with E-state index in [1.165, 1.54) is 16.2 Å². The van der Waals surface area contributed by atoms with Gasteiger partial charge in [-0.05, 0) is 46.5 Å². The highest BCUT2D eigenvalue weighted by Crippen LogP contribution is 2.28. The lowest BCUT2D eigenvalue weighted by molar-refractivity contribution is -0.150. The number of halogens is 1. The van der Waals surface area contributed by atoms with E-state index in [9.17, 15) is 14.4 Å². The average molecular weight is 493 g/mol. The molecular formula is C21H21BrN2O5S. The van der Waals surface area contributed by atoms with Crippen molar-refractivity contribution in [2.24, 2.45) is 0 Å². The first-order valence-electron chi connectivity index (χ1n) is 9.73. The third-order valence-electron chi connectivity index (χ3n) is 5.34. The van der Waals surface area contributed by atoms with Crippen LogP contribution in [0.2, 0.25) is 0 Å². The van der Waals surface area contributed by atoms with Gasteiger partial charge in [-0.1, -0.05) is 30.3 Å². The summed E-state index contributed by atoms with van der Waals surface area (Å²) in [7, 11) is 0. The maximum absolute atomic E-state index is 12.6. The van der Waals surface area contributed by atoms with Gasteiger partial charge in [0.2, 0.25) is 0 Å². The Balaban J connectivity index is 1.35. The molecular weight excluding hydrogens is 472 g/mol. The van der Waals surface area contributed by atoms with Crippen LogP contribution in [0.15, 0.2) is 46.3 Å². The second kappa shape index (κ2) is 9.18. The highest BCUT2D eigenvalue weighted by Gasteiger charge is 2.44. The summed E-state index contributed by atoms with van der Waals surface area (Å²) in [4.78, 5) is 41.5. The van der Waals surface area contributed by atoms with Crippen LogP contribution in [0.1, 0.15) is 28.1 Å². The maximum Gasteiger partial charge on any atom is 0.410 e. The number of esters is 1. The van der Waals surface area contributed by atoms with E-state index in [-0.39, 0.29) is 25.2 Å². The summed E-state index contributed by atoms with van der Waals surface area (Å²) in [6, 6.07) is 12.2. The van der Waals surface area contributed by atoms with Crippen LogP contribution in [-0.4, -0.2) is 59.5 Å². The Bertz CT molecular complexity index is 926. The number of hydrogen-bond acceptors (Lipinski definition) is 6. The Kier molecular flexibility index (Phi) is 6.38. The molecule has 2 amide bonds. The van der Waals surface area contributed by atoms with Crippen LogP contribution < -0.4 is 0 Å². The molecule has 158 valence electrons. The third kappa shape index (κ3) is 4.52. The van der Waals surface area contributed by atoms with E-state index in [0.717, 1.165) is 9.35 Å². The van der Waals surface area contributed by atoms with Crippen LogP contribution in [0.3, 0.4) is 0 Å². The van der Waals surface area contributed by atoms with E-state index < -0.39 is 18.1 Å². The molecule has 0 aliphatic carbocycles. The van der Waals surface area contributed by atoms with Crippen molar-refractivity contribution in [1.29, 1.82) is 0 Å². The molecule has 1 unspecified atom stereocenters. The molecule has 0 bridgehead atoms. The zero-order valence-corrected chi connectivity index (χ0v) is 18.6. The highest BCUT2D eigenvalue weighted by molar-refractivity contribution is 9.11. The lowest BCUT2D eigenvalue weighted by Gasteiger charge is -2.37. The third-order valence-corrected chi connectivity index (χ3v) is 6.95. The molecule has 2 aliphatic rings. The van der Waals surface area contributed by atoms with Gasteiger partial charge in [0.15, 0.2) is 6.04 Å². The van der Waals surface area contributed by atoms with Crippen LogP contribution in [0.5, 0.6) is 0 Å². The number of carbonyl (C=O) groups excluding carboxylic acids is 3. The van der Waals surface area contributed by atoms with Crippen molar-refractivity contribution in [1.82, 2.24) is 9.80 Å². The second-order valence-corrected chi connectivity index (χ2v) is 9.68. The molecule has 0 radical (unpaired) electrons. The number of benzene rings is 1. The fourth-order valence-corrected chi connectivity index (χ4v) is 5.13.